The lowest BCUT2D eigenvalue weighted by Crippen LogP contribution is -1.88. The van der Waals surface area contributed by atoms with Crippen LogP contribution < -0.4 is 0 Å². The van der Waals surface area contributed by atoms with E-state index in [1.165, 1.54) is 11.6 Å². The van der Waals surface area contributed by atoms with Gasteiger partial charge in [-0.05, 0) is 60.4 Å². The first-order valence-electron chi connectivity index (χ1n) is 5.10. The second kappa shape index (κ2) is 4.38. The van der Waals surface area contributed by atoms with E-state index in [1.807, 2.05) is 19.1 Å². The molecule has 0 aliphatic rings. The van der Waals surface area contributed by atoms with Gasteiger partial charge in [0.25, 0.3) is 0 Å². The van der Waals surface area contributed by atoms with Gasteiger partial charge in [0, 0.05) is 4.47 Å². The summed E-state index contributed by atoms with van der Waals surface area (Å²) in [5.41, 5.74) is 4.39. The molecular formula is C14H12BrF. The summed E-state index contributed by atoms with van der Waals surface area (Å²) in [6.07, 6.45) is 0. The number of hydrogen-bond acceptors (Lipinski definition) is 0. The molecule has 0 saturated carbocycles. The largest absolute Gasteiger partial charge is 0.207 e. The highest BCUT2D eigenvalue weighted by Gasteiger charge is 2.06. The van der Waals surface area contributed by atoms with Crippen molar-refractivity contribution in [3.05, 3.63) is 57.8 Å². The third-order valence-electron chi connectivity index (χ3n) is 2.67. The van der Waals surface area contributed by atoms with Gasteiger partial charge >= 0.3 is 0 Å². The molecule has 0 spiro atoms. The number of aryl methyl sites for hydroxylation is 2. The lowest BCUT2D eigenvalue weighted by molar-refractivity contribution is 0.627. The van der Waals surface area contributed by atoms with Gasteiger partial charge in [0.1, 0.15) is 5.82 Å². The van der Waals surface area contributed by atoms with Gasteiger partial charge in [0.05, 0.1) is 0 Å². The molecule has 0 atom stereocenters. The standard InChI is InChI=1S/C14H12BrF/c1-9-7-11(15)3-5-13(9)14-6-4-12(16)8-10(14)2/h3-8H,1-2H3. The average Bonchev–Trinajstić information content (AvgIpc) is 2.19. The van der Waals surface area contributed by atoms with Gasteiger partial charge in [-0.2, -0.15) is 0 Å². The maximum atomic E-state index is 13.0. The van der Waals surface area contributed by atoms with Crippen LogP contribution in [0.4, 0.5) is 4.39 Å². The van der Waals surface area contributed by atoms with E-state index in [1.54, 1.807) is 6.07 Å². The van der Waals surface area contributed by atoms with Crippen molar-refractivity contribution < 1.29 is 4.39 Å². The van der Waals surface area contributed by atoms with Crippen LogP contribution in [0.5, 0.6) is 0 Å². The van der Waals surface area contributed by atoms with Crippen molar-refractivity contribution in [2.45, 2.75) is 13.8 Å². The van der Waals surface area contributed by atoms with Crippen molar-refractivity contribution in [3.8, 4) is 11.1 Å². The predicted molar refractivity (Wildman–Crippen MR) is 69.0 cm³/mol. The quantitative estimate of drug-likeness (QED) is 0.698. The van der Waals surface area contributed by atoms with E-state index in [0.29, 0.717) is 0 Å². The van der Waals surface area contributed by atoms with Gasteiger partial charge in [-0.15, -0.1) is 0 Å². The molecule has 0 fully saturated rings. The van der Waals surface area contributed by atoms with Crippen molar-refractivity contribution in [3.63, 3.8) is 0 Å². The number of benzene rings is 2. The van der Waals surface area contributed by atoms with Crippen LogP contribution in [0.25, 0.3) is 11.1 Å². The Hall–Kier alpha value is -1.15. The summed E-state index contributed by atoms with van der Waals surface area (Å²) < 4.78 is 14.1. The first-order valence-corrected chi connectivity index (χ1v) is 5.90. The molecular weight excluding hydrogens is 267 g/mol. The molecule has 2 rings (SSSR count). The summed E-state index contributed by atoms with van der Waals surface area (Å²) in [5.74, 6) is -0.184. The van der Waals surface area contributed by atoms with E-state index in [2.05, 4.69) is 35.0 Å². The van der Waals surface area contributed by atoms with Crippen molar-refractivity contribution in [2.24, 2.45) is 0 Å². The first kappa shape index (κ1) is 11.3. The SMILES string of the molecule is Cc1cc(F)ccc1-c1ccc(Br)cc1C. The summed E-state index contributed by atoms with van der Waals surface area (Å²) >= 11 is 3.44. The van der Waals surface area contributed by atoms with Gasteiger partial charge in [-0.25, -0.2) is 4.39 Å². The highest BCUT2D eigenvalue weighted by molar-refractivity contribution is 9.10. The Morgan fingerprint density at radius 2 is 1.44 bits per heavy atom. The Morgan fingerprint density at radius 3 is 2.00 bits per heavy atom. The minimum absolute atomic E-state index is 0.184. The molecule has 0 heterocycles. The zero-order valence-corrected chi connectivity index (χ0v) is 10.8. The smallest absolute Gasteiger partial charge is 0.123 e. The average molecular weight is 279 g/mol. The zero-order chi connectivity index (χ0) is 11.7. The van der Waals surface area contributed by atoms with Crippen LogP contribution in [0.15, 0.2) is 40.9 Å². The fraction of sp³-hybridized carbons (Fsp3) is 0.143. The molecule has 2 aromatic rings. The number of halogens is 2. The first-order chi connectivity index (χ1) is 7.58. The van der Waals surface area contributed by atoms with Crippen molar-refractivity contribution >= 4 is 15.9 Å². The fourth-order valence-corrected chi connectivity index (χ4v) is 2.33. The van der Waals surface area contributed by atoms with Crippen LogP contribution in [0.1, 0.15) is 11.1 Å². The van der Waals surface area contributed by atoms with Crippen LogP contribution in [0.2, 0.25) is 0 Å². The molecule has 2 heteroatoms. The van der Waals surface area contributed by atoms with Crippen LogP contribution in [-0.4, -0.2) is 0 Å². The molecule has 0 aliphatic carbocycles. The molecule has 0 unspecified atom stereocenters. The fourth-order valence-electron chi connectivity index (χ4n) is 1.86. The van der Waals surface area contributed by atoms with Crippen LogP contribution in [0, 0.1) is 19.7 Å². The highest BCUT2D eigenvalue weighted by atomic mass is 79.9. The summed E-state index contributed by atoms with van der Waals surface area (Å²) in [5, 5.41) is 0. The van der Waals surface area contributed by atoms with E-state index in [4.69, 9.17) is 0 Å². The van der Waals surface area contributed by atoms with Crippen LogP contribution in [0.3, 0.4) is 0 Å². The zero-order valence-electron chi connectivity index (χ0n) is 9.22. The minimum Gasteiger partial charge on any atom is -0.207 e. The van der Waals surface area contributed by atoms with E-state index in [0.717, 1.165) is 21.2 Å². The Bertz CT molecular complexity index is 483. The molecule has 0 aromatic heterocycles. The number of rotatable bonds is 1. The maximum Gasteiger partial charge on any atom is 0.123 e. The lowest BCUT2D eigenvalue weighted by Gasteiger charge is -2.09. The molecule has 0 radical (unpaired) electrons. The van der Waals surface area contributed by atoms with E-state index < -0.39 is 0 Å². The summed E-state index contributed by atoms with van der Waals surface area (Å²) in [6.45, 7) is 3.99. The molecule has 82 valence electrons. The molecule has 0 N–H and O–H groups in total. The molecule has 0 bridgehead atoms. The molecule has 16 heavy (non-hydrogen) atoms. The van der Waals surface area contributed by atoms with Gasteiger partial charge in [-0.1, -0.05) is 28.1 Å². The van der Waals surface area contributed by atoms with E-state index in [-0.39, 0.29) is 5.82 Å². The lowest BCUT2D eigenvalue weighted by atomic mass is 9.97. The number of hydrogen-bond donors (Lipinski definition) is 0. The second-order valence-corrected chi connectivity index (χ2v) is 4.83. The Kier molecular flexibility index (Phi) is 3.10. The van der Waals surface area contributed by atoms with Gasteiger partial charge in [-0.3, -0.25) is 0 Å². The molecule has 0 nitrogen and oxygen atoms in total. The van der Waals surface area contributed by atoms with Gasteiger partial charge in [0.15, 0.2) is 0 Å². The van der Waals surface area contributed by atoms with E-state index >= 15 is 0 Å². The van der Waals surface area contributed by atoms with Crippen LogP contribution >= 0.6 is 15.9 Å². The Labute approximate surface area is 103 Å². The Morgan fingerprint density at radius 1 is 0.875 bits per heavy atom. The molecule has 2 aromatic carbocycles. The molecule has 0 saturated heterocycles. The predicted octanol–water partition coefficient (Wildman–Crippen LogP) is 4.87. The highest BCUT2D eigenvalue weighted by Crippen LogP contribution is 2.28. The van der Waals surface area contributed by atoms with Crippen molar-refractivity contribution in [1.82, 2.24) is 0 Å². The van der Waals surface area contributed by atoms with Gasteiger partial charge < -0.3 is 0 Å². The van der Waals surface area contributed by atoms with Crippen molar-refractivity contribution in [1.29, 1.82) is 0 Å². The summed E-state index contributed by atoms with van der Waals surface area (Å²) in [7, 11) is 0. The third kappa shape index (κ3) is 2.17. The summed E-state index contributed by atoms with van der Waals surface area (Å²) in [4.78, 5) is 0. The monoisotopic (exact) mass is 278 g/mol. The van der Waals surface area contributed by atoms with E-state index in [9.17, 15) is 4.39 Å². The molecule has 0 amide bonds. The topological polar surface area (TPSA) is 0 Å². The molecule has 0 aliphatic heterocycles. The van der Waals surface area contributed by atoms with Crippen molar-refractivity contribution in [2.75, 3.05) is 0 Å². The van der Waals surface area contributed by atoms with Crippen LogP contribution in [-0.2, 0) is 0 Å². The second-order valence-electron chi connectivity index (χ2n) is 3.92. The summed E-state index contributed by atoms with van der Waals surface area (Å²) in [6, 6.07) is 11.0. The normalized spacial score (nSPS) is 10.5. The maximum absolute atomic E-state index is 13.0. The Balaban J connectivity index is 2.59. The third-order valence-corrected chi connectivity index (χ3v) is 3.16. The minimum atomic E-state index is -0.184. The van der Waals surface area contributed by atoms with Gasteiger partial charge in [0.2, 0.25) is 0 Å².